The first-order valence-corrected chi connectivity index (χ1v) is 6.62. The predicted octanol–water partition coefficient (Wildman–Crippen LogP) is 3.11. The SMILES string of the molecule is CCCNc1cc(C(=O)Nc2cc(C)no2)c(Cl)cn1. The Hall–Kier alpha value is -2.08. The molecule has 0 unspecified atom stereocenters. The number of nitrogens with zero attached hydrogens (tertiary/aromatic N) is 2. The van der Waals surface area contributed by atoms with E-state index in [1.165, 1.54) is 6.20 Å². The third-order valence-corrected chi connectivity index (χ3v) is 2.82. The molecule has 0 saturated heterocycles. The number of hydrogen-bond acceptors (Lipinski definition) is 5. The van der Waals surface area contributed by atoms with Crippen LogP contribution in [0, 0.1) is 6.92 Å². The Bertz CT molecular complexity index is 612. The quantitative estimate of drug-likeness (QED) is 0.885. The molecule has 0 aliphatic rings. The van der Waals surface area contributed by atoms with Gasteiger partial charge in [-0.3, -0.25) is 10.1 Å². The molecule has 0 radical (unpaired) electrons. The Morgan fingerprint density at radius 1 is 1.45 bits per heavy atom. The number of aromatic nitrogens is 2. The summed E-state index contributed by atoms with van der Waals surface area (Å²) in [4.78, 5) is 16.2. The minimum absolute atomic E-state index is 0.279. The molecule has 0 spiro atoms. The summed E-state index contributed by atoms with van der Waals surface area (Å²) in [5.41, 5.74) is 1.01. The van der Waals surface area contributed by atoms with Crippen molar-refractivity contribution >= 4 is 29.2 Å². The third-order valence-electron chi connectivity index (χ3n) is 2.52. The van der Waals surface area contributed by atoms with E-state index in [9.17, 15) is 4.79 Å². The standard InChI is InChI=1S/C13H15ClN4O2/c1-3-4-15-11-6-9(10(14)7-16-11)13(19)17-12-5-8(2)18-20-12/h5-7H,3-4H2,1-2H3,(H,15,16)(H,17,19). The van der Waals surface area contributed by atoms with Crippen molar-refractivity contribution in [2.24, 2.45) is 0 Å². The highest BCUT2D eigenvalue weighted by Gasteiger charge is 2.14. The second-order valence-electron chi connectivity index (χ2n) is 4.26. The summed E-state index contributed by atoms with van der Waals surface area (Å²) in [5.74, 6) is 0.520. The number of aryl methyl sites for hydroxylation is 1. The van der Waals surface area contributed by atoms with E-state index in [2.05, 4.69) is 20.8 Å². The van der Waals surface area contributed by atoms with Crippen LogP contribution in [0.15, 0.2) is 22.9 Å². The minimum Gasteiger partial charge on any atom is -0.370 e. The Balaban J connectivity index is 2.15. The lowest BCUT2D eigenvalue weighted by molar-refractivity contribution is 0.102. The molecule has 2 N–H and O–H groups in total. The normalized spacial score (nSPS) is 10.3. The second kappa shape index (κ2) is 6.38. The van der Waals surface area contributed by atoms with Crippen molar-refractivity contribution in [3.63, 3.8) is 0 Å². The van der Waals surface area contributed by atoms with E-state index in [4.69, 9.17) is 16.1 Å². The van der Waals surface area contributed by atoms with Crippen LogP contribution in [0.1, 0.15) is 29.4 Å². The number of amides is 1. The highest BCUT2D eigenvalue weighted by molar-refractivity contribution is 6.34. The third kappa shape index (κ3) is 3.48. The molecule has 106 valence electrons. The number of rotatable bonds is 5. The maximum absolute atomic E-state index is 12.1. The van der Waals surface area contributed by atoms with Crippen LogP contribution < -0.4 is 10.6 Å². The topological polar surface area (TPSA) is 80.0 Å². The van der Waals surface area contributed by atoms with Crippen molar-refractivity contribution in [1.82, 2.24) is 10.1 Å². The molecule has 6 nitrogen and oxygen atoms in total. The second-order valence-corrected chi connectivity index (χ2v) is 4.67. The van der Waals surface area contributed by atoms with E-state index in [0.29, 0.717) is 17.1 Å². The average Bonchev–Trinajstić information content (AvgIpc) is 2.83. The maximum atomic E-state index is 12.1. The van der Waals surface area contributed by atoms with Crippen LogP contribution in [0.2, 0.25) is 5.02 Å². The van der Waals surface area contributed by atoms with Gasteiger partial charge in [-0.1, -0.05) is 23.7 Å². The number of anilines is 2. The molecule has 2 aromatic rings. The Labute approximate surface area is 121 Å². The Morgan fingerprint density at radius 3 is 2.90 bits per heavy atom. The maximum Gasteiger partial charge on any atom is 0.259 e. The summed E-state index contributed by atoms with van der Waals surface area (Å²) in [7, 11) is 0. The van der Waals surface area contributed by atoms with Gasteiger partial charge in [-0.05, 0) is 19.4 Å². The molecule has 0 aromatic carbocycles. The lowest BCUT2D eigenvalue weighted by Gasteiger charge is -2.07. The van der Waals surface area contributed by atoms with E-state index in [1.54, 1.807) is 19.1 Å². The smallest absolute Gasteiger partial charge is 0.259 e. The largest absolute Gasteiger partial charge is 0.370 e. The van der Waals surface area contributed by atoms with Gasteiger partial charge in [0, 0.05) is 18.8 Å². The highest BCUT2D eigenvalue weighted by atomic mass is 35.5. The molecule has 0 bridgehead atoms. The number of pyridine rings is 1. The van der Waals surface area contributed by atoms with E-state index < -0.39 is 0 Å². The van der Waals surface area contributed by atoms with Gasteiger partial charge >= 0.3 is 0 Å². The van der Waals surface area contributed by atoms with Gasteiger partial charge in [-0.2, -0.15) is 0 Å². The molecule has 0 saturated carbocycles. The summed E-state index contributed by atoms with van der Waals surface area (Å²) < 4.78 is 4.94. The molecule has 0 aliphatic carbocycles. The summed E-state index contributed by atoms with van der Waals surface area (Å²) in [6.45, 7) is 4.59. The molecular weight excluding hydrogens is 280 g/mol. The minimum atomic E-state index is -0.368. The first kappa shape index (κ1) is 14.3. The zero-order valence-corrected chi connectivity index (χ0v) is 12.0. The van der Waals surface area contributed by atoms with Gasteiger partial charge < -0.3 is 9.84 Å². The summed E-state index contributed by atoms with van der Waals surface area (Å²) in [6.07, 6.45) is 2.41. The van der Waals surface area contributed by atoms with Crippen LogP contribution in [0.25, 0.3) is 0 Å². The Morgan fingerprint density at radius 2 is 2.25 bits per heavy atom. The van der Waals surface area contributed by atoms with Gasteiger partial charge in [0.1, 0.15) is 5.82 Å². The van der Waals surface area contributed by atoms with Crippen LogP contribution in [-0.2, 0) is 0 Å². The monoisotopic (exact) mass is 294 g/mol. The molecule has 2 aromatic heterocycles. The van der Waals surface area contributed by atoms with E-state index in [0.717, 1.165) is 13.0 Å². The lowest BCUT2D eigenvalue weighted by Crippen LogP contribution is -2.13. The first-order chi connectivity index (χ1) is 9.60. The Kier molecular flexibility index (Phi) is 4.57. The summed E-state index contributed by atoms with van der Waals surface area (Å²) in [6, 6.07) is 3.24. The fourth-order valence-electron chi connectivity index (χ4n) is 1.56. The number of carbonyl (C=O) groups excluding carboxylic acids is 1. The van der Waals surface area contributed by atoms with E-state index >= 15 is 0 Å². The van der Waals surface area contributed by atoms with Gasteiger partial charge in [0.05, 0.1) is 16.3 Å². The van der Waals surface area contributed by atoms with Gasteiger partial charge in [0.25, 0.3) is 5.91 Å². The fraction of sp³-hybridized carbons (Fsp3) is 0.308. The zero-order chi connectivity index (χ0) is 14.5. The van der Waals surface area contributed by atoms with Crippen molar-refractivity contribution in [3.8, 4) is 0 Å². The van der Waals surface area contributed by atoms with Crippen molar-refractivity contribution in [2.75, 3.05) is 17.2 Å². The molecule has 0 aliphatic heterocycles. The number of nitrogens with one attached hydrogen (secondary N) is 2. The molecule has 7 heteroatoms. The molecule has 2 heterocycles. The van der Waals surface area contributed by atoms with Gasteiger partial charge in [-0.25, -0.2) is 4.98 Å². The van der Waals surface area contributed by atoms with Crippen molar-refractivity contribution in [3.05, 3.63) is 34.6 Å². The van der Waals surface area contributed by atoms with Crippen molar-refractivity contribution < 1.29 is 9.32 Å². The molecule has 2 rings (SSSR count). The molecule has 0 fully saturated rings. The molecule has 20 heavy (non-hydrogen) atoms. The van der Waals surface area contributed by atoms with E-state index in [-0.39, 0.29) is 16.8 Å². The number of halogens is 1. The summed E-state index contributed by atoms with van der Waals surface area (Å²) in [5, 5.41) is 9.67. The zero-order valence-electron chi connectivity index (χ0n) is 11.2. The van der Waals surface area contributed by atoms with Gasteiger partial charge in [0.2, 0.25) is 5.88 Å². The van der Waals surface area contributed by atoms with Crippen molar-refractivity contribution in [1.29, 1.82) is 0 Å². The van der Waals surface area contributed by atoms with Gasteiger partial charge in [-0.15, -0.1) is 0 Å². The van der Waals surface area contributed by atoms with Crippen LogP contribution in [-0.4, -0.2) is 22.6 Å². The molecular formula is C13H15ClN4O2. The summed E-state index contributed by atoms with van der Waals surface area (Å²) >= 11 is 6.00. The van der Waals surface area contributed by atoms with Crippen molar-refractivity contribution in [2.45, 2.75) is 20.3 Å². The highest BCUT2D eigenvalue weighted by Crippen LogP contribution is 2.20. The van der Waals surface area contributed by atoms with Gasteiger partial charge in [0.15, 0.2) is 0 Å². The number of carbonyl (C=O) groups is 1. The van der Waals surface area contributed by atoms with Crippen LogP contribution in [0.5, 0.6) is 0 Å². The van der Waals surface area contributed by atoms with Crippen LogP contribution in [0.4, 0.5) is 11.7 Å². The molecule has 0 atom stereocenters. The fourth-order valence-corrected chi connectivity index (χ4v) is 1.75. The van der Waals surface area contributed by atoms with Crippen LogP contribution >= 0.6 is 11.6 Å². The lowest BCUT2D eigenvalue weighted by atomic mass is 10.2. The van der Waals surface area contributed by atoms with Crippen LogP contribution in [0.3, 0.4) is 0 Å². The first-order valence-electron chi connectivity index (χ1n) is 6.24. The average molecular weight is 295 g/mol. The number of hydrogen-bond donors (Lipinski definition) is 2. The molecule has 1 amide bonds. The van der Waals surface area contributed by atoms with E-state index in [1.807, 2.05) is 6.92 Å². The predicted molar refractivity (Wildman–Crippen MR) is 77.2 cm³/mol.